The van der Waals surface area contributed by atoms with E-state index in [1.165, 1.54) is 7.11 Å². The molecular formula is C18H28ClN3O4. The Morgan fingerprint density at radius 1 is 1.12 bits per heavy atom. The highest BCUT2D eigenvalue weighted by Crippen LogP contribution is 2.26. The van der Waals surface area contributed by atoms with Crippen LogP contribution in [0.15, 0.2) is 18.2 Å². The standard InChI is InChI=1S/C18H27N3O4.ClH/c1-4-5-15(19)18(23)21-10-8-20(9-11-21)17(22)14-7-6-13(24-2)12-16(14)25-3;/h6-7,12,15H,4-5,8-11,19H2,1-3H3;1H. The van der Waals surface area contributed by atoms with Gasteiger partial charge in [0.05, 0.1) is 25.8 Å². The molecule has 0 bridgehead atoms. The minimum atomic E-state index is -0.450. The number of carbonyl (C=O) groups is 2. The molecule has 7 nitrogen and oxygen atoms in total. The van der Waals surface area contributed by atoms with Gasteiger partial charge in [-0.25, -0.2) is 0 Å². The summed E-state index contributed by atoms with van der Waals surface area (Å²) in [6.45, 7) is 3.98. The number of ether oxygens (including phenoxy) is 2. The lowest BCUT2D eigenvalue weighted by atomic mass is 10.1. The van der Waals surface area contributed by atoms with E-state index in [0.29, 0.717) is 49.7 Å². The highest BCUT2D eigenvalue weighted by Gasteiger charge is 2.28. The molecule has 0 radical (unpaired) electrons. The van der Waals surface area contributed by atoms with E-state index in [1.54, 1.807) is 35.1 Å². The molecule has 0 aliphatic carbocycles. The van der Waals surface area contributed by atoms with Crippen LogP contribution in [0.3, 0.4) is 0 Å². The fourth-order valence-electron chi connectivity index (χ4n) is 2.94. The Hall–Kier alpha value is -1.99. The molecule has 8 heteroatoms. The fraction of sp³-hybridized carbons (Fsp3) is 0.556. The van der Waals surface area contributed by atoms with Gasteiger partial charge < -0.3 is 25.0 Å². The molecule has 1 aromatic rings. The molecule has 1 saturated heterocycles. The van der Waals surface area contributed by atoms with Crippen molar-refractivity contribution >= 4 is 24.2 Å². The summed E-state index contributed by atoms with van der Waals surface area (Å²) in [7, 11) is 3.09. The number of rotatable bonds is 6. The maximum Gasteiger partial charge on any atom is 0.257 e. The number of hydrogen-bond acceptors (Lipinski definition) is 5. The van der Waals surface area contributed by atoms with Crippen LogP contribution in [0.2, 0.25) is 0 Å². The molecule has 2 amide bonds. The Balaban J connectivity index is 0.00000338. The predicted molar refractivity (Wildman–Crippen MR) is 102 cm³/mol. The molecule has 1 aliphatic heterocycles. The Labute approximate surface area is 160 Å². The quantitative estimate of drug-likeness (QED) is 0.802. The molecule has 2 rings (SSSR count). The highest BCUT2D eigenvalue weighted by molar-refractivity contribution is 5.97. The van der Waals surface area contributed by atoms with Crippen molar-refractivity contribution in [2.75, 3.05) is 40.4 Å². The summed E-state index contributed by atoms with van der Waals surface area (Å²) >= 11 is 0. The van der Waals surface area contributed by atoms with Gasteiger partial charge in [-0.15, -0.1) is 12.4 Å². The van der Waals surface area contributed by atoms with Gasteiger partial charge in [-0.3, -0.25) is 9.59 Å². The second-order valence-electron chi connectivity index (χ2n) is 6.08. The van der Waals surface area contributed by atoms with Crippen molar-refractivity contribution in [2.24, 2.45) is 5.73 Å². The van der Waals surface area contributed by atoms with Gasteiger partial charge in [0.1, 0.15) is 11.5 Å². The second-order valence-corrected chi connectivity index (χ2v) is 6.08. The van der Waals surface area contributed by atoms with Crippen molar-refractivity contribution < 1.29 is 19.1 Å². The molecule has 0 spiro atoms. The first kappa shape index (κ1) is 22.1. The van der Waals surface area contributed by atoms with Crippen LogP contribution in [-0.2, 0) is 4.79 Å². The summed E-state index contributed by atoms with van der Waals surface area (Å²) in [6.07, 6.45) is 1.56. The third-order valence-electron chi connectivity index (χ3n) is 4.43. The van der Waals surface area contributed by atoms with Crippen LogP contribution in [0, 0.1) is 0 Å². The molecule has 1 aromatic carbocycles. The van der Waals surface area contributed by atoms with E-state index in [4.69, 9.17) is 15.2 Å². The summed E-state index contributed by atoms with van der Waals surface area (Å²) in [5, 5.41) is 0. The van der Waals surface area contributed by atoms with E-state index in [9.17, 15) is 9.59 Å². The van der Waals surface area contributed by atoms with E-state index in [2.05, 4.69) is 0 Å². The zero-order chi connectivity index (χ0) is 18.4. The molecule has 1 aliphatic rings. The van der Waals surface area contributed by atoms with Crippen LogP contribution in [0.5, 0.6) is 11.5 Å². The summed E-state index contributed by atoms with van der Waals surface area (Å²) in [6, 6.07) is 4.68. The first-order valence-electron chi connectivity index (χ1n) is 8.57. The highest BCUT2D eigenvalue weighted by atomic mass is 35.5. The average Bonchev–Trinajstić information content (AvgIpc) is 2.66. The number of halogens is 1. The van der Waals surface area contributed by atoms with Gasteiger partial charge in [0.25, 0.3) is 5.91 Å². The Morgan fingerprint density at radius 3 is 2.27 bits per heavy atom. The number of nitrogens with zero attached hydrogens (tertiary/aromatic N) is 2. The van der Waals surface area contributed by atoms with Gasteiger partial charge in [-0.05, 0) is 18.6 Å². The number of carbonyl (C=O) groups excluding carboxylic acids is 2. The lowest BCUT2D eigenvalue weighted by Crippen LogP contribution is -2.54. The molecule has 1 fully saturated rings. The number of piperazine rings is 1. The predicted octanol–water partition coefficient (Wildman–Crippen LogP) is 1.54. The van der Waals surface area contributed by atoms with E-state index in [1.807, 2.05) is 6.92 Å². The summed E-state index contributed by atoms with van der Waals surface area (Å²) < 4.78 is 10.5. The number of hydrogen-bond donors (Lipinski definition) is 1. The van der Waals surface area contributed by atoms with E-state index >= 15 is 0 Å². The summed E-state index contributed by atoms with van der Waals surface area (Å²) in [4.78, 5) is 28.5. The minimum Gasteiger partial charge on any atom is -0.497 e. The number of nitrogens with two attached hydrogens (primary N) is 1. The van der Waals surface area contributed by atoms with E-state index in [-0.39, 0.29) is 24.2 Å². The zero-order valence-electron chi connectivity index (χ0n) is 15.6. The van der Waals surface area contributed by atoms with Crippen LogP contribution in [0.4, 0.5) is 0 Å². The summed E-state index contributed by atoms with van der Waals surface area (Å²) in [5.74, 6) is 0.974. The molecule has 1 atom stereocenters. The Bertz CT molecular complexity index is 618. The number of methoxy groups -OCH3 is 2. The molecule has 0 aromatic heterocycles. The van der Waals surface area contributed by atoms with Crippen molar-refractivity contribution in [1.82, 2.24) is 9.80 Å². The van der Waals surface area contributed by atoms with Crippen LogP contribution in [0.25, 0.3) is 0 Å². The first-order chi connectivity index (χ1) is 12.0. The number of amides is 2. The van der Waals surface area contributed by atoms with Crippen molar-refractivity contribution in [3.05, 3.63) is 23.8 Å². The van der Waals surface area contributed by atoms with Crippen LogP contribution >= 0.6 is 12.4 Å². The molecule has 2 N–H and O–H groups in total. The van der Waals surface area contributed by atoms with E-state index in [0.717, 1.165) is 6.42 Å². The molecular weight excluding hydrogens is 358 g/mol. The largest absolute Gasteiger partial charge is 0.497 e. The average molecular weight is 386 g/mol. The second kappa shape index (κ2) is 10.2. The van der Waals surface area contributed by atoms with Gasteiger partial charge in [0, 0.05) is 32.2 Å². The first-order valence-corrected chi connectivity index (χ1v) is 8.57. The van der Waals surface area contributed by atoms with Crippen LogP contribution in [-0.4, -0.2) is 68.1 Å². The monoisotopic (exact) mass is 385 g/mol. The molecule has 146 valence electrons. The number of benzene rings is 1. The Morgan fingerprint density at radius 2 is 1.73 bits per heavy atom. The molecule has 26 heavy (non-hydrogen) atoms. The van der Waals surface area contributed by atoms with Crippen LogP contribution in [0.1, 0.15) is 30.1 Å². The van der Waals surface area contributed by atoms with E-state index < -0.39 is 6.04 Å². The SMILES string of the molecule is CCCC(N)C(=O)N1CCN(C(=O)c2ccc(OC)cc2OC)CC1.Cl. The summed E-state index contributed by atoms with van der Waals surface area (Å²) in [5.41, 5.74) is 6.40. The maximum atomic E-state index is 12.8. The lowest BCUT2D eigenvalue weighted by molar-refractivity contribution is -0.134. The van der Waals surface area contributed by atoms with Crippen molar-refractivity contribution in [3.8, 4) is 11.5 Å². The third-order valence-corrected chi connectivity index (χ3v) is 4.43. The third kappa shape index (κ3) is 5.02. The van der Waals surface area contributed by atoms with Gasteiger partial charge in [0.2, 0.25) is 5.91 Å². The molecule has 0 saturated carbocycles. The zero-order valence-corrected chi connectivity index (χ0v) is 16.4. The van der Waals surface area contributed by atoms with Gasteiger partial charge in [0.15, 0.2) is 0 Å². The van der Waals surface area contributed by atoms with Crippen molar-refractivity contribution in [2.45, 2.75) is 25.8 Å². The normalized spacial score (nSPS) is 15.1. The van der Waals surface area contributed by atoms with Crippen LogP contribution < -0.4 is 15.2 Å². The topological polar surface area (TPSA) is 85.1 Å². The van der Waals surface area contributed by atoms with Crippen molar-refractivity contribution in [3.63, 3.8) is 0 Å². The maximum absolute atomic E-state index is 12.8. The van der Waals surface area contributed by atoms with Gasteiger partial charge >= 0.3 is 0 Å². The fourth-order valence-corrected chi connectivity index (χ4v) is 2.94. The minimum absolute atomic E-state index is 0. The Kier molecular flexibility index (Phi) is 8.68. The molecule has 1 unspecified atom stereocenters. The molecule has 1 heterocycles. The van der Waals surface area contributed by atoms with Gasteiger partial charge in [-0.2, -0.15) is 0 Å². The van der Waals surface area contributed by atoms with Gasteiger partial charge in [-0.1, -0.05) is 13.3 Å². The van der Waals surface area contributed by atoms with Crippen molar-refractivity contribution in [1.29, 1.82) is 0 Å². The smallest absolute Gasteiger partial charge is 0.257 e. The lowest BCUT2D eigenvalue weighted by Gasteiger charge is -2.36.